The number of aromatic nitrogens is 3. The van der Waals surface area contributed by atoms with Crippen molar-refractivity contribution in [3.05, 3.63) is 42.2 Å². The largest absolute Gasteiger partial charge is 0.384 e. The van der Waals surface area contributed by atoms with Gasteiger partial charge in [0.15, 0.2) is 0 Å². The Bertz CT molecular complexity index is 521. The third-order valence-corrected chi connectivity index (χ3v) is 2.81. The summed E-state index contributed by atoms with van der Waals surface area (Å²) in [5.41, 5.74) is 2.36. The predicted molar refractivity (Wildman–Crippen MR) is 77.6 cm³/mol. The molecule has 0 aliphatic carbocycles. The number of hydrogen-bond donors (Lipinski definition) is 3. The molecular weight excluding hydrogens is 254 g/mol. The molecule has 2 aromatic rings. The molecule has 0 spiro atoms. The standard InChI is InChI=1S/C14H19N5O/c1-2-6-16-11-3-4-13(18-9-11)14(20)17-7-5-12-8-15-10-19-12/h3-4,8-10,16H,2,5-7H2,1H3,(H,15,19)(H,17,20). The fourth-order valence-corrected chi connectivity index (χ4v) is 1.72. The van der Waals surface area contributed by atoms with E-state index in [0.29, 0.717) is 12.2 Å². The molecule has 0 atom stereocenters. The Labute approximate surface area is 118 Å². The number of carbonyl (C=O) groups excluding carboxylic acids is 1. The van der Waals surface area contributed by atoms with E-state index in [2.05, 4.69) is 32.5 Å². The zero-order valence-corrected chi connectivity index (χ0v) is 11.5. The molecule has 20 heavy (non-hydrogen) atoms. The highest BCUT2D eigenvalue weighted by Gasteiger charge is 2.06. The fraction of sp³-hybridized carbons (Fsp3) is 0.357. The zero-order chi connectivity index (χ0) is 14.2. The van der Waals surface area contributed by atoms with E-state index in [-0.39, 0.29) is 5.91 Å². The van der Waals surface area contributed by atoms with Gasteiger partial charge in [0.2, 0.25) is 0 Å². The van der Waals surface area contributed by atoms with Gasteiger partial charge in [0.25, 0.3) is 5.91 Å². The van der Waals surface area contributed by atoms with Crippen LogP contribution in [-0.4, -0.2) is 33.9 Å². The molecule has 0 fully saturated rings. The first-order valence-electron chi connectivity index (χ1n) is 6.75. The molecule has 0 saturated carbocycles. The third-order valence-electron chi connectivity index (χ3n) is 2.81. The van der Waals surface area contributed by atoms with Crippen LogP contribution in [0, 0.1) is 0 Å². The van der Waals surface area contributed by atoms with Gasteiger partial charge >= 0.3 is 0 Å². The Morgan fingerprint density at radius 3 is 2.85 bits per heavy atom. The molecular formula is C14H19N5O. The molecule has 3 N–H and O–H groups in total. The van der Waals surface area contributed by atoms with Crippen molar-refractivity contribution in [2.75, 3.05) is 18.4 Å². The zero-order valence-electron chi connectivity index (χ0n) is 11.5. The van der Waals surface area contributed by atoms with Crippen molar-refractivity contribution in [2.24, 2.45) is 0 Å². The molecule has 0 aromatic carbocycles. The lowest BCUT2D eigenvalue weighted by Crippen LogP contribution is -2.26. The molecule has 2 heterocycles. The highest BCUT2D eigenvalue weighted by molar-refractivity contribution is 5.92. The Morgan fingerprint density at radius 1 is 1.30 bits per heavy atom. The van der Waals surface area contributed by atoms with E-state index < -0.39 is 0 Å². The topological polar surface area (TPSA) is 82.7 Å². The molecule has 0 unspecified atom stereocenters. The number of anilines is 1. The van der Waals surface area contributed by atoms with Crippen LogP contribution in [0.5, 0.6) is 0 Å². The van der Waals surface area contributed by atoms with Gasteiger partial charge in [-0.05, 0) is 18.6 Å². The van der Waals surface area contributed by atoms with Gasteiger partial charge in [-0.25, -0.2) is 9.97 Å². The number of carbonyl (C=O) groups is 1. The Hall–Kier alpha value is -2.37. The minimum absolute atomic E-state index is 0.161. The van der Waals surface area contributed by atoms with Crippen molar-refractivity contribution in [1.82, 2.24) is 20.3 Å². The summed E-state index contributed by atoms with van der Waals surface area (Å²) >= 11 is 0. The van der Waals surface area contributed by atoms with Crippen LogP contribution < -0.4 is 10.6 Å². The van der Waals surface area contributed by atoms with Gasteiger partial charge in [-0.15, -0.1) is 0 Å². The summed E-state index contributed by atoms with van der Waals surface area (Å²) in [5, 5.41) is 6.05. The van der Waals surface area contributed by atoms with Gasteiger partial charge in [-0.2, -0.15) is 0 Å². The molecule has 0 bridgehead atoms. The second-order valence-corrected chi connectivity index (χ2v) is 4.44. The van der Waals surface area contributed by atoms with E-state index in [0.717, 1.165) is 30.8 Å². The Morgan fingerprint density at radius 2 is 2.20 bits per heavy atom. The van der Waals surface area contributed by atoms with Gasteiger partial charge in [0.1, 0.15) is 5.69 Å². The molecule has 6 heteroatoms. The maximum absolute atomic E-state index is 11.9. The molecule has 2 aromatic heterocycles. The van der Waals surface area contributed by atoms with Crippen molar-refractivity contribution in [3.63, 3.8) is 0 Å². The van der Waals surface area contributed by atoms with Crippen LogP contribution in [0.2, 0.25) is 0 Å². The molecule has 0 saturated heterocycles. The van der Waals surface area contributed by atoms with Crippen LogP contribution in [0.1, 0.15) is 29.5 Å². The number of imidazole rings is 1. The number of H-pyrrole nitrogens is 1. The number of nitrogens with zero attached hydrogens (tertiary/aromatic N) is 2. The van der Waals surface area contributed by atoms with E-state index >= 15 is 0 Å². The SMILES string of the molecule is CCCNc1ccc(C(=O)NCCc2cnc[nH]2)nc1. The summed E-state index contributed by atoms with van der Waals surface area (Å²) in [7, 11) is 0. The first-order chi connectivity index (χ1) is 9.79. The van der Waals surface area contributed by atoms with Gasteiger partial charge in [-0.1, -0.05) is 6.92 Å². The van der Waals surface area contributed by atoms with Crippen molar-refractivity contribution in [1.29, 1.82) is 0 Å². The van der Waals surface area contributed by atoms with Crippen LogP contribution in [-0.2, 0) is 6.42 Å². The number of amides is 1. The summed E-state index contributed by atoms with van der Waals surface area (Å²) < 4.78 is 0. The van der Waals surface area contributed by atoms with Gasteiger partial charge in [0.05, 0.1) is 18.2 Å². The fourth-order valence-electron chi connectivity index (χ4n) is 1.72. The Kier molecular flexibility index (Phi) is 5.11. The van der Waals surface area contributed by atoms with E-state index in [4.69, 9.17) is 0 Å². The quantitative estimate of drug-likeness (QED) is 0.715. The molecule has 0 radical (unpaired) electrons. The normalized spacial score (nSPS) is 10.2. The average Bonchev–Trinajstić information content (AvgIpc) is 2.99. The maximum atomic E-state index is 11.9. The highest BCUT2D eigenvalue weighted by atomic mass is 16.1. The van der Waals surface area contributed by atoms with E-state index in [1.54, 1.807) is 24.8 Å². The van der Waals surface area contributed by atoms with E-state index in [1.807, 2.05) is 6.07 Å². The minimum Gasteiger partial charge on any atom is -0.384 e. The number of aromatic amines is 1. The maximum Gasteiger partial charge on any atom is 0.269 e. The molecule has 1 amide bonds. The Balaban J connectivity index is 1.79. The van der Waals surface area contributed by atoms with E-state index in [1.165, 1.54) is 0 Å². The average molecular weight is 273 g/mol. The molecule has 6 nitrogen and oxygen atoms in total. The molecule has 106 valence electrons. The number of nitrogens with one attached hydrogen (secondary N) is 3. The van der Waals surface area contributed by atoms with Crippen LogP contribution in [0.4, 0.5) is 5.69 Å². The summed E-state index contributed by atoms with van der Waals surface area (Å²) in [6.45, 7) is 3.55. The lowest BCUT2D eigenvalue weighted by Gasteiger charge is -2.06. The summed E-state index contributed by atoms with van der Waals surface area (Å²) in [5.74, 6) is -0.161. The van der Waals surface area contributed by atoms with Crippen LogP contribution in [0.25, 0.3) is 0 Å². The van der Waals surface area contributed by atoms with Crippen molar-refractivity contribution in [3.8, 4) is 0 Å². The van der Waals surface area contributed by atoms with E-state index in [9.17, 15) is 4.79 Å². The van der Waals surface area contributed by atoms with Gasteiger partial charge in [-0.3, -0.25) is 4.79 Å². The lowest BCUT2D eigenvalue weighted by molar-refractivity contribution is 0.0949. The number of pyridine rings is 1. The number of hydrogen-bond acceptors (Lipinski definition) is 4. The molecule has 2 rings (SSSR count). The second-order valence-electron chi connectivity index (χ2n) is 4.44. The summed E-state index contributed by atoms with van der Waals surface area (Å²) in [6, 6.07) is 3.59. The first kappa shape index (κ1) is 14.0. The van der Waals surface area contributed by atoms with Gasteiger partial charge in [0, 0.05) is 31.4 Å². The lowest BCUT2D eigenvalue weighted by atomic mass is 10.3. The first-order valence-corrected chi connectivity index (χ1v) is 6.75. The van der Waals surface area contributed by atoms with Gasteiger partial charge < -0.3 is 15.6 Å². The van der Waals surface area contributed by atoms with Crippen LogP contribution in [0.3, 0.4) is 0 Å². The third kappa shape index (κ3) is 4.08. The molecule has 0 aliphatic rings. The smallest absolute Gasteiger partial charge is 0.269 e. The highest BCUT2D eigenvalue weighted by Crippen LogP contribution is 2.06. The van der Waals surface area contributed by atoms with Crippen LogP contribution >= 0.6 is 0 Å². The monoisotopic (exact) mass is 273 g/mol. The second kappa shape index (κ2) is 7.28. The summed E-state index contributed by atoms with van der Waals surface area (Å²) in [4.78, 5) is 22.9. The molecule has 0 aliphatic heterocycles. The van der Waals surface area contributed by atoms with Crippen molar-refractivity contribution in [2.45, 2.75) is 19.8 Å². The van der Waals surface area contributed by atoms with Crippen molar-refractivity contribution < 1.29 is 4.79 Å². The number of rotatable bonds is 7. The van der Waals surface area contributed by atoms with Crippen LogP contribution in [0.15, 0.2) is 30.9 Å². The minimum atomic E-state index is -0.161. The van der Waals surface area contributed by atoms with Crippen molar-refractivity contribution >= 4 is 11.6 Å². The predicted octanol–water partition coefficient (Wildman–Crippen LogP) is 1.60. The summed E-state index contributed by atoms with van der Waals surface area (Å²) in [6.07, 6.45) is 6.83.